The number of imidazole rings is 1. The van der Waals surface area contributed by atoms with Crippen molar-refractivity contribution in [2.45, 2.75) is 13.5 Å². The minimum atomic E-state index is -0.111. The predicted octanol–water partition coefficient (Wildman–Crippen LogP) is 4.25. The van der Waals surface area contributed by atoms with E-state index in [0.717, 1.165) is 16.9 Å². The van der Waals surface area contributed by atoms with Gasteiger partial charge in [0.15, 0.2) is 18.0 Å². The van der Waals surface area contributed by atoms with Crippen LogP contribution in [-0.4, -0.2) is 21.9 Å². The van der Waals surface area contributed by atoms with Crippen LogP contribution in [0.25, 0.3) is 5.65 Å². The largest absolute Gasteiger partial charge is 0.480 e. The second-order valence-corrected chi connectivity index (χ2v) is 6.58. The van der Waals surface area contributed by atoms with Gasteiger partial charge in [-0.2, -0.15) is 0 Å². The van der Waals surface area contributed by atoms with Gasteiger partial charge in [-0.1, -0.05) is 48.5 Å². The first-order valence-corrected chi connectivity index (χ1v) is 9.17. The average Bonchev–Trinajstić information content (AvgIpc) is 3.12. The summed E-state index contributed by atoms with van der Waals surface area (Å²) in [7, 11) is 0. The van der Waals surface area contributed by atoms with Crippen LogP contribution in [0.4, 0.5) is 5.69 Å². The third-order valence-corrected chi connectivity index (χ3v) is 4.47. The van der Waals surface area contributed by atoms with Crippen LogP contribution >= 0.6 is 0 Å². The summed E-state index contributed by atoms with van der Waals surface area (Å²) in [6, 6.07) is 23.3. The molecule has 0 atom stereocenters. The number of benzene rings is 2. The van der Waals surface area contributed by atoms with Crippen molar-refractivity contribution in [3.63, 3.8) is 0 Å². The SMILES string of the molecule is Cc1cn2cccc(OCC(=O)N(Cc3ccccc3)c3ccccc3)c2n1. The number of carbonyl (C=O) groups excluding carboxylic acids is 1. The number of carbonyl (C=O) groups is 1. The van der Waals surface area contributed by atoms with Crippen LogP contribution in [0, 0.1) is 6.92 Å². The van der Waals surface area contributed by atoms with Crippen LogP contribution in [0.1, 0.15) is 11.3 Å². The van der Waals surface area contributed by atoms with Crippen molar-refractivity contribution in [3.05, 3.63) is 96.4 Å². The summed E-state index contributed by atoms with van der Waals surface area (Å²) in [6.07, 6.45) is 3.84. The topological polar surface area (TPSA) is 46.8 Å². The maximum absolute atomic E-state index is 13.0. The first-order chi connectivity index (χ1) is 13.7. The van der Waals surface area contributed by atoms with E-state index in [2.05, 4.69) is 4.98 Å². The van der Waals surface area contributed by atoms with E-state index in [1.165, 1.54) is 0 Å². The van der Waals surface area contributed by atoms with Crippen LogP contribution in [0.5, 0.6) is 5.75 Å². The van der Waals surface area contributed by atoms with Gasteiger partial charge in [0.25, 0.3) is 5.91 Å². The number of amides is 1. The number of hydrogen-bond donors (Lipinski definition) is 0. The highest BCUT2D eigenvalue weighted by Crippen LogP contribution is 2.21. The monoisotopic (exact) mass is 371 g/mol. The first-order valence-electron chi connectivity index (χ1n) is 9.17. The molecular formula is C23H21N3O2. The standard InChI is InChI=1S/C23H21N3O2/c1-18-15-25-14-8-13-21(23(25)24-18)28-17-22(27)26(20-11-6-3-7-12-20)16-19-9-4-2-5-10-19/h2-15H,16-17H2,1H3. The molecule has 0 unspecified atom stereocenters. The molecule has 0 fully saturated rings. The maximum atomic E-state index is 13.0. The minimum Gasteiger partial charge on any atom is -0.480 e. The third-order valence-electron chi connectivity index (χ3n) is 4.47. The molecular weight excluding hydrogens is 350 g/mol. The van der Waals surface area contributed by atoms with Crippen molar-refractivity contribution in [1.29, 1.82) is 0 Å². The molecule has 2 aromatic heterocycles. The number of nitrogens with zero attached hydrogens (tertiary/aromatic N) is 3. The molecule has 4 aromatic rings. The van der Waals surface area contributed by atoms with E-state index in [1.807, 2.05) is 96.5 Å². The summed E-state index contributed by atoms with van der Waals surface area (Å²) in [5.41, 5.74) is 3.51. The van der Waals surface area contributed by atoms with E-state index in [0.29, 0.717) is 17.9 Å². The van der Waals surface area contributed by atoms with E-state index in [9.17, 15) is 4.79 Å². The Morgan fingerprint density at radius 2 is 1.71 bits per heavy atom. The molecule has 0 N–H and O–H groups in total. The molecule has 5 heteroatoms. The first kappa shape index (κ1) is 17.8. The van der Waals surface area contributed by atoms with Crippen molar-refractivity contribution >= 4 is 17.2 Å². The lowest BCUT2D eigenvalue weighted by Gasteiger charge is -2.23. The number of pyridine rings is 1. The normalized spacial score (nSPS) is 10.8. The van der Waals surface area contributed by atoms with Crippen molar-refractivity contribution in [3.8, 4) is 5.75 Å². The summed E-state index contributed by atoms with van der Waals surface area (Å²) in [4.78, 5) is 19.3. The average molecular weight is 371 g/mol. The molecule has 0 bridgehead atoms. The van der Waals surface area contributed by atoms with Gasteiger partial charge in [-0.25, -0.2) is 4.98 Å². The fraction of sp³-hybridized carbons (Fsp3) is 0.130. The fourth-order valence-corrected chi connectivity index (χ4v) is 3.14. The van der Waals surface area contributed by atoms with Gasteiger partial charge in [0.05, 0.1) is 12.2 Å². The number of para-hydroxylation sites is 1. The second-order valence-electron chi connectivity index (χ2n) is 6.58. The molecule has 0 radical (unpaired) electrons. The van der Waals surface area contributed by atoms with Gasteiger partial charge in [0.1, 0.15) is 0 Å². The zero-order chi connectivity index (χ0) is 19.3. The molecule has 0 saturated heterocycles. The molecule has 2 aromatic carbocycles. The predicted molar refractivity (Wildman–Crippen MR) is 109 cm³/mol. The lowest BCUT2D eigenvalue weighted by molar-refractivity contribution is -0.120. The Hall–Kier alpha value is -3.60. The summed E-state index contributed by atoms with van der Waals surface area (Å²) in [5, 5.41) is 0. The number of fused-ring (bicyclic) bond motifs is 1. The Labute approximate surface area is 163 Å². The third kappa shape index (κ3) is 3.88. The zero-order valence-corrected chi connectivity index (χ0v) is 15.7. The number of anilines is 1. The number of hydrogen-bond acceptors (Lipinski definition) is 3. The zero-order valence-electron chi connectivity index (χ0n) is 15.7. The molecule has 4 rings (SSSR count). The van der Waals surface area contributed by atoms with E-state index >= 15 is 0 Å². The summed E-state index contributed by atoms with van der Waals surface area (Å²) < 4.78 is 7.76. The molecule has 1 amide bonds. The summed E-state index contributed by atoms with van der Waals surface area (Å²) in [6.45, 7) is 2.35. The van der Waals surface area contributed by atoms with Crippen molar-refractivity contribution in [2.75, 3.05) is 11.5 Å². The Bertz CT molecular complexity index is 1070. The van der Waals surface area contributed by atoms with E-state index in [4.69, 9.17) is 4.74 Å². The van der Waals surface area contributed by atoms with Crippen molar-refractivity contribution in [1.82, 2.24) is 9.38 Å². The van der Waals surface area contributed by atoms with Crippen LogP contribution < -0.4 is 9.64 Å². The number of aromatic nitrogens is 2. The van der Waals surface area contributed by atoms with Gasteiger partial charge in [0.2, 0.25) is 0 Å². The Morgan fingerprint density at radius 1 is 1.00 bits per heavy atom. The summed E-state index contributed by atoms with van der Waals surface area (Å²) >= 11 is 0. The minimum absolute atomic E-state index is 0.0622. The molecule has 0 spiro atoms. The molecule has 0 saturated carbocycles. The molecule has 28 heavy (non-hydrogen) atoms. The van der Waals surface area contributed by atoms with E-state index < -0.39 is 0 Å². The van der Waals surface area contributed by atoms with E-state index in [1.54, 1.807) is 4.90 Å². The van der Waals surface area contributed by atoms with Gasteiger partial charge in [-0.05, 0) is 36.8 Å². The lowest BCUT2D eigenvalue weighted by atomic mass is 10.2. The molecule has 0 aliphatic rings. The van der Waals surface area contributed by atoms with Crippen molar-refractivity contribution in [2.24, 2.45) is 0 Å². The van der Waals surface area contributed by atoms with Gasteiger partial charge in [-0.15, -0.1) is 0 Å². The number of ether oxygens (including phenoxy) is 1. The van der Waals surface area contributed by atoms with Gasteiger partial charge in [-0.3, -0.25) is 4.79 Å². The van der Waals surface area contributed by atoms with Crippen molar-refractivity contribution < 1.29 is 9.53 Å². The number of aryl methyl sites for hydroxylation is 1. The number of rotatable bonds is 6. The molecule has 140 valence electrons. The van der Waals surface area contributed by atoms with Crippen LogP contribution in [0.3, 0.4) is 0 Å². The van der Waals surface area contributed by atoms with Gasteiger partial charge in [0, 0.05) is 18.1 Å². The van der Waals surface area contributed by atoms with E-state index in [-0.39, 0.29) is 12.5 Å². The molecule has 5 nitrogen and oxygen atoms in total. The second kappa shape index (κ2) is 7.96. The smallest absolute Gasteiger partial charge is 0.265 e. The summed E-state index contributed by atoms with van der Waals surface area (Å²) in [5.74, 6) is 0.483. The van der Waals surface area contributed by atoms with Gasteiger partial charge < -0.3 is 14.0 Å². The van der Waals surface area contributed by atoms with Crippen LogP contribution in [0.15, 0.2) is 85.2 Å². The Kier molecular flexibility index (Phi) is 5.06. The molecule has 0 aliphatic heterocycles. The molecule has 2 heterocycles. The Balaban J connectivity index is 1.55. The molecule has 0 aliphatic carbocycles. The van der Waals surface area contributed by atoms with Crippen LogP contribution in [-0.2, 0) is 11.3 Å². The highest BCUT2D eigenvalue weighted by molar-refractivity contribution is 5.94. The maximum Gasteiger partial charge on any atom is 0.265 e. The van der Waals surface area contributed by atoms with Crippen LogP contribution in [0.2, 0.25) is 0 Å². The highest BCUT2D eigenvalue weighted by atomic mass is 16.5. The highest BCUT2D eigenvalue weighted by Gasteiger charge is 2.17. The fourth-order valence-electron chi connectivity index (χ4n) is 3.14. The van der Waals surface area contributed by atoms with Gasteiger partial charge >= 0.3 is 0 Å². The Morgan fingerprint density at radius 3 is 2.46 bits per heavy atom. The quantitative estimate of drug-likeness (QED) is 0.509. The lowest BCUT2D eigenvalue weighted by Crippen LogP contribution is -2.34.